The molecule has 0 bridgehead atoms. The van der Waals surface area contributed by atoms with Gasteiger partial charge in [-0.2, -0.15) is 0 Å². The molecule has 1 aromatic heterocycles. The van der Waals surface area contributed by atoms with Gasteiger partial charge in [-0.25, -0.2) is 4.98 Å². The third-order valence-electron chi connectivity index (χ3n) is 4.19. The van der Waals surface area contributed by atoms with Crippen LogP contribution in [0.15, 0.2) is 48.5 Å². The number of benzene rings is 2. The molecule has 2 aromatic carbocycles. The Morgan fingerprint density at radius 2 is 1.96 bits per heavy atom. The molecule has 0 radical (unpaired) electrons. The first-order valence-corrected chi connectivity index (χ1v) is 8.69. The second kappa shape index (κ2) is 8.01. The summed E-state index contributed by atoms with van der Waals surface area (Å²) in [6.45, 7) is 2.64. The van der Waals surface area contributed by atoms with Crippen LogP contribution in [0.25, 0.3) is 11.0 Å². The fraction of sp³-hybridized carbons (Fsp3) is 0.300. The average molecular weight is 353 g/mol. The minimum Gasteiger partial charge on any atom is -0.491 e. The predicted molar refractivity (Wildman–Crippen MR) is 100.0 cm³/mol. The second-order valence-corrected chi connectivity index (χ2v) is 6.23. The summed E-state index contributed by atoms with van der Waals surface area (Å²) in [5.41, 5.74) is 7.96. The normalized spacial score (nSPS) is 12.2. The van der Waals surface area contributed by atoms with Crippen LogP contribution in [0.3, 0.4) is 0 Å². The molecule has 26 heavy (non-hydrogen) atoms. The molecule has 0 fully saturated rings. The lowest BCUT2D eigenvalue weighted by molar-refractivity contribution is -0.117. The molecule has 1 heterocycles. The summed E-state index contributed by atoms with van der Waals surface area (Å²) in [5.74, 6) is 1.22. The van der Waals surface area contributed by atoms with Gasteiger partial charge < -0.3 is 20.1 Å². The summed E-state index contributed by atoms with van der Waals surface area (Å²) in [5, 5.41) is 10.4. The number of primary amides is 1. The van der Waals surface area contributed by atoms with E-state index in [1.807, 2.05) is 35.8 Å². The van der Waals surface area contributed by atoms with Gasteiger partial charge in [0, 0.05) is 6.42 Å². The summed E-state index contributed by atoms with van der Waals surface area (Å²) in [4.78, 5) is 15.5. The van der Waals surface area contributed by atoms with Crippen molar-refractivity contribution in [2.24, 2.45) is 5.73 Å². The topological polar surface area (TPSA) is 90.4 Å². The molecule has 6 nitrogen and oxygen atoms in total. The van der Waals surface area contributed by atoms with Gasteiger partial charge in [0.05, 0.1) is 24.0 Å². The number of aliphatic hydroxyl groups is 1. The predicted octanol–water partition coefficient (Wildman–Crippen LogP) is 2.07. The van der Waals surface area contributed by atoms with E-state index in [9.17, 15) is 9.90 Å². The van der Waals surface area contributed by atoms with E-state index in [0.717, 1.165) is 28.8 Å². The minimum absolute atomic E-state index is 0.171. The van der Waals surface area contributed by atoms with Crippen molar-refractivity contribution < 1.29 is 14.6 Å². The number of ether oxygens (including phenoxy) is 1. The maximum Gasteiger partial charge on any atom is 0.221 e. The Hall–Kier alpha value is -2.86. The number of nitrogens with zero attached hydrogens (tertiary/aromatic N) is 2. The summed E-state index contributed by atoms with van der Waals surface area (Å²) in [6.07, 6.45) is 0.336. The first kappa shape index (κ1) is 17.9. The standard InChI is InChI=1S/C20H23N3O3/c1-2-20-22-17-5-3-4-6-18(17)23(20)12-15(24)13-26-16-9-7-14(8-10-16)11-19(21)25/h3-10,15,24H,2,11-13H2,1H3,(H2,21,25)/t15-/m0/s1. The quantitative estimate of drug-likeness (QED) is 0.649. The highest BCUT2D eigenvalue weighted by molar-refractivity contribution is 5.76. The summed E-state index contributed by atoms with van der Waals surface area (Å²) < 4.78 is 7.70. The van der Waals surface area contributed by atoms with E-state index in [2.05, 4.69) is 4.98 Å². The van der Waals surface area contributed by atoms with E-state index in [1.165, 1.54) is 0 Å². The van der Waals surface area contributed by atoms with Crippen LogP contribution in [0.4, 0.5) is 0 Å². The highest BCUT2D eigenvalue weighted by Gasteiger charge is 2.13. The fourth-order valence-electron chi connectivity index (χ4n) is 2.96. The first-order valence-electron chi connectivity index (χ1n) is 8.69. The van der Waals surface area contributed by atoms with E-state index < -0.39 is 6.10 Å². The Labute approximate surface area is 152 Å². The van der Waals surface area contributed by atoms with E-state index in [4.69, 9.17) is 10.5 Å². The van der Waals surface area contributed by atoms with Crippen molar-refractivity contribution in [2.75, 3.05) is 6.61 Å². The van der Waals surface area contributed by atoms with Gasteiger partial charge >= 0.3 is 0 Å². The van der Waals surface area contributed by atoms with E-state index >= 15 is 0 Å². The lowest BCUT2D eigenvalue weighted by atomic mass is 10.1. The van der Waals surface area contributed by atoms with Crippen molar-refractivity contribution in [3.8, 4) is 5.75 Å². The van der Waals surface area contributed by atoms with Gasteiger partial charge in [-0.1, -0.05) is 31.2 Å². The van der Waals surface area contributed by atoms with Crippen LogP contribution in [0.1, 0.15) is 18.3 Å². The van der Waals surface area contributed by atoms with Crippen LogP contribution in [-0.4, -0.2) is 33.3 Å². The number of hydrogen-bond acceptors (Lipinski definition) is 4. The summed E-state index contributed by atoms with van der Waals surface area (Å²) >= 11 is 0. The van der Waals surface area contributed by atoms with Gasteiger partial charge in [-0.05, 0) is 29.8 Å². The molecule has 0 aliphatic heterocycles. The number of para-hydroxylation sites is 2. The summed E-state index contributed by atoms with van der Waals surface area (Å²) in [6, 6.07) is 15.0. The van der Waals surface area contributed by atoms with Gasteiger partial charge in [0.1, 0.15) is 24.3 Å². The van der Waals surface area contributed by atoms with Crippen molar-refractivity contribution in [1.29, 1.82) is 0 Å². The highest BCUT2D eigenvalue weighted by atomic mass is 16.5. The van der Waals surface area contributed by atoms with Crippen molar-refractivity contribution in [3.63, 3.8) is 0 Å². The van der Waals surface area contributed by atoms with E-state index in [-0.39, 0.29) is 18.9 Å². The lowest BCUT2D eigenvalue weighted by Gasteiger charge is -2.15. The SMILES string of the molecule is CCc1nc2ccccc2n1C[C@H](O)COc1ccc(CC(N)=O)cc1. The van der Waals surface area contributed by atoms with Gasteiger partial charge in [0.25, 0.3) is 0 Å². The zero-order chi connectivity index (χ0) is 18.5. The minimum atomic E-state index is -0.664. The van der Waals surface area contributed by atoms with Crippen molar-refractivity contribution >= 4 is 16.9 Å². The Morgan fingerprint density at radius 1 is 1.23 bits per heavy atom. The molecule has 1 atom stereocenters. The van der Waals surface area contributed by atoms with Crippen LogP contribution in [-0.2, 0) is 24.2 Å². The number of carbonyl (C=O) groups is 1. The number of carbonyl (C=O) groups excluding carboxylic acids is 1. The number of imidazole rings is 1. The fourth-order valence-corrected chi connectivity index (χ4v) is 2.96. The third kappa shape index (κ3) is 4.21. The smallest absolute Gasteiger partial charge is 0.221 e. The van der Waals surface area contributed by atoms with Crippen molar-refractivity contribution in [3.05, 3.63) is 59.9 Å². The Bertz CT molecular complexity index is 887. The largest absolute Gasteiger partial charge is 0.491 e. The van der Waals surface area contributed by atoms with Crippen LogP contribution in [0, 0.1) is 0 Å². The Kier molecular flexibility index (Phi) is 5.53. The zero-order valence-corrected chi connectivity index (χ0v) is 14.8. The zero-order valence-electron chi connectivity index (χ0n) is 14.8. The molecule has 0 unspecified atom stereocenters. The molecule has 0 saturated carbocycles. The first-order chi connectivity index (χ1) is 12.6. The maximum absolute atomic E-state index is 10.9. The molecule has 0 aliphatic rings. The number of nitrogens with two attached hydrogens (primary N) is 1. The number of rotatable bonds is 8. The molecular weight excluding hydrogens is 330 g/mol. The lowest BCUT2D eigenvalue weighted by Crippen LogP contribution is -2.24. The molecule has 136 valence electrons. The Balaban J connectivity index is 1.62. The van der Waals surface area contributed by atoms with Crippen LogP contribution >= 0.6 is 0 Å². The average Bonchev–Trinajstić information content (AvgIpc) is 2.98. The molecule has 1 amide bonds. The molecular formula is C20H23N3O3. The second-order valence-electron chi connectivity index (χ2n) is 6.23. The highest BCUT2D eigenvalue weighted by Crippen LogP contribution is 2.18. The number of aliphatic hydroxyl groups excluding tert-OH is 1. The summed E-state index contributed by atoms with van der Waals surface area (Å²) in [7, 11) is 0. The van der Waals surface area contributed by atoms with E-state index in [0.29, 0.717) is 12.3 Å². The molecule has 0 spiro atoms. The van der Waals surface area contributed by atoms with Gasteiger partial charge in [0.15, 0.2) is 0 Å². The molecule has 3 N–H and O–H groups in total. The number of hydrogen-bond donors (Lipinski definition) is 2. The van der Waals surface area contributed by atoms with Gasteiger partial charge in [0.2, 0.25) is 5.91 Å². The molecule has 3 rings (SSSR count). The molecule has 6 heteroatoms. The number of amides is 1. The van der Waals surface area contributed by atoms with E-state index in [1.54, 1.807) is 24.3 Å². The van der Waals surface area contributed by atoms with Gasteiger partial charge in [-0.15, -0.1) is 0 Å². The van der Waals surface area contributed by atoms with Crippen LogP contribution in [0.2, 0.25) is 0 Å². The van der Waals surface area contributed by atoms with Crippen molar-refractivity contribution in [2.45, 2.75) is 32.4 Å². The molecule has 3 aromatic rings. The molecule has 0 saturated heterocycles. The molecule has 0 aliphatic carbocycles. The van der Waals surface area contributed by atoms with Crippen LogP contribution < -0.4 is 10.5 Å². The third-order valence-corrected chi connectivity index (χ3v) is 4.19. The maximum atomic E-state index is 10.9. The monoisotopic (exact) mass is 353 g/mol. The van der Waals surface area contributed by atoms with Gasteiger partial charge in [-0.3, -0.25) is 4.79 Å². The number of aryl methyl sites for hydroxylation is 1. The van der Waals surface area contributed by atoms with Crippen LogP contribution in [0.5, 0.6) is 5.75 Å². The number of fused-ring (bicyclic) bond motifs is 1. The van der Waals surface area contributed by atoms with Crippen molar-refractivity contribution in [1.82, 2.24) is 9.55 Å². The number of aromatic nitrogens is 2. The Morgan fingerprint density at radius 3 is 2.65 bits per heavy atom.